The molecular formula is C15H22N2O3. The summed E-state index contributed by atoms with van der Waals surface area (Å²) in [4.78, 5) is 16.9. The molecule has 1 aromatic rings. The number of benzene rings is 1. The fourth-order valence-electron chi connectivity index (χ4n) is 2.14. The monoisotopic (exact) mass is 278 g/mol. The van der Waals surface area contributed by atoms with Gasteiger partial charge in [0.2, 0.25) is 0 Å². The van der Waals surface area contributed by atoms with Crippen molar-refractivity contribution in [3.8, 4) is 11.5 Å². The van der Waals surface area contributed by atoms with Crippen LogP contribution < -0.4 is 14.9 Å². The predicted octanol–water partition coefficient (Wildman–Crippen LogP) is 1.42. The van der Waals surface area contributed by atoms with E-state index in [1.807, 2.05) is 23.3 Å². The number of hydroxylamine groups is 2. The number of nitrogens with one attached hydrogen (secondary N) is 1. The predicted molar refractivity (Wildman–Crippen MR) is 77.1 cm³/mol. The van der Waals surface area contributed by atoms with Crippen LogP contribution in [0.5, 0.6) is 11.5 Å². The standard InChI is InChI=1S/C15H22N2O3/c1-12(18)3-4-13-5-6-14(15(11-13)19-2)20-17-9-7-16-8-10-17/h5-6,11,16H,3-4,7-10H2,1-2H3. The van der Waals surface area contributed by atoms with Gasteiger partial charge in [-0.05, 0) is 31.0 Å². The molecule has 1 aromatic carbocycles. The minimum absolute atomic E-state index is 0.199. The van der Waals surface area contributed by atoms with Crippen LogP contribution in [0.3, 0.4) is 0 Å². The second-order valence-corrected chi connectivity index (χ2v) is 4.96. The number of nitrogens with zero attached hydrogens (tertiary/aromatic N) is 1. The summed E-state index contributed by atoms with van der Waals surface area (Å²) in [6.07, 6.45) is 1.29. The zero-order valence-corrected chi connectivity index (χ0v) is 12.1. The molecule has 1 heterocycles. The number of Topliss-reactive ketones (excluding diaryl/α,β-unsaturated/α-hetero) is 1. The normalized spacial score (nSPS) is 15.9. The van der Waals surface area contributed by atoms with Crippen LogP contribution >= 0.6 is 0 Å². The number of aryl methyl sites for hydroxylation is 1. The van der Waals surface area contributed by atoms with E-state index in [2.05, 4.69) is 5.32 Å². The molecule has 0 radical (unpaired) electrons. The van der Waals surface area contributed by atoms with Gasteiger partial charge >= 0.3 is 0 Å². The third kappa shape index (κ3) is 4.21. The fourth-order valence-corrected chi connectivity index (χ4v) is 2.14. The lowest BCUT2D eigenvalue weighted by Gasteiger charge is -2.27. The van der Waals surface area contributed by atoms with Gasteiger partial charge in [0.05, 0.1) is 7.11 Å². The maximum Gasteiger partial charge on any atom is 0.189 e. The van der Waals surface area contributed by atoms with Gasteiger partial charge in [-0.15, -0.1) is 5.06 Å². The van der Waals surface area contributed by atoms with E-state index in [0.29, 0.717) is 12.2 Å². The van der Waals surface area contributed by atoms with E-state index in [4.69, 9.17) is 9.57 Å². The molecule has 1 N–H and O–H groups in total. The Kier molecular flexibility index (Phi) is 5.38. The Morgan fingerprint density at radius 2 is 2.05 bits per heavy atom. The lowest BCUT2D eigenvalue weighted by Crippen LogP contribution is -2.45. The van der Waals surface area contributed by atoms with E-state index in [1.165, 1.54) is 0 Å². The molecule has 0 atom stereocenters. The van der Waals surface area contributed by atoms with Gasteiger partial charge in [-0.2, -0.15) is 0 Å². The number of carbonyl (C=O) groups is 1. The Bertz CT molecular complexity index is 456. The van der Waals surface area contributed by atoms with E-state index >= 15 is 0 Å². The van der Waals surface area contributed by atoms with E-state index in [1.54, 1.807) is 14.0 Å². The summed E-state index contributed by atoms with van der Waals surface area (Å²) in [5.41, 5.74) is 1.09. The van der Waals surface area contributed by atoms with E-state index in [-0.39, 0.29) is 5.78 Å². The molecule has 1 saturated heterocycles. The number of hydrogen-bond acceptors (Lipinski definition) is 5. The Morgan fingerprint density at radius 3 is 2.70 bits per heavy atom. The van der Waals surface area contributed by atoms with Crippen LogP contribution in [-0.4, -0.2) is 44.1 Å². The first-order valence-corrected chi connectivity index (χ1v) is 6.99. The van der Waals surface area contributed by atoms with Crippen LogP contribution in [0, 0.1) is 0 Å². The SMILES string of the molecule is COc1cc(CCC(C)=O)ccc1ON1CCNCC1. The van der Waals surface area contributed by atoms with Crippen LogP contribution in [0.4, 0.5) is 0 Å². The van der Waals surface area contributed by atoms with Crippen LogP contribution in [0.2, 0.25) is 0 Å². The highest BCUT2D eigenvalue weighted by Crippen LogP contribution is 2.29. The minimum Gasteiger partial charge on any atom is -0.493 e. The Balaban J connectivity index is 2.02. The van der Waals surface area contributed by atoms with Crippen molar-refractivity contribution in [1.82, 2.24) is 10.4 Å². The van der Waals surface area contributed by atoms with Crippen molar-refractivity contribution < 1.29 is 14.4 Å². The molecular weight excluding hydrogens is 256 g/mol. The van der Waals surface area contributed by atoms with E-state index in [0.717, 1.165) is 43.9 Å². The highest BCUT2D eigenvalue weighted by atomic mass is 16.7. The Labute approximate surface area is 119 Å². The largest absolute Gasteiger partial charge is 0.493 e. The maximum absolute atomic E-state index is 11.0. The Hall–Kier alpha value is -1.59. The summed E-state index contributed by atoms with van der Waals surface area (Å²) in [6.45, 7) is 5.18. The summed E-state index contributed by atoms with van der Waals surface area (Å²) >= 11 is 0. The zero-order valence-electron chi connectivity index (χ0n) is 12.1. The van der Waals surface area contributed by atoms with Gasteiger partial charge in [0.1, 0.15) is 5.78 Å². The zero-order chi connectivity index (χ0) is 14.4. The minimum atomic E-state index is 0.199. The molecule has 2 rings (SSSR count). The van der Waals surface area contributed by atoms with Gasteiger partial charge in [-0.1, -0.05) is 6.07 Å². The number of carbonyl (C=O) groups excluding carboxylic acids is 1. The number of piperazine rings is 1. The van der Waals surface area contributed by atoms with Crippen molar-refractivity contribution in [2.75, 3.05) is 33.3 Å². The van der Waals surface area contributed by atoms with Crippen molar-refractivity contribution >= 4 is 5.78 Å². The van der Waals surface area contributed by atoms with Gasteiger partial charge in [-0.25, -0.2) is 0 Å². The van der Waals surface area contributed by atoms with Crippen LogP contribution in [0.25, 0.3) is 0 Å². The summed E-state index contributed by atoms with van der Waals surface area (Å²) in [5.74, 6) is 1.63. The van der Waals surface area contributed by atoms with E-state index < -0.39 is 0 Å². The average Bonchev–Trinajstić information content (AvgIpc) is 2.47. The second kappa shape index (κ2) is 7.26. The molecule has 0 spiro atoms. The molecule has 0 bridgehead atoms. The molecule has 1 aliphatic heterocycles. The average molecular weight is 278 g/mol. The second-order valence-electron chi connectivity index (χ2n) is 4.96. The van der Waals surface area contributed by atoms with Gasteiger partial charge < -0.3 is 19.7 Å². The fraction of sp³-hybridized carbons (Fsp3) is 0.533. The van der Waals surface area contributed by atoms with Crippen LogP contribution in [0.1, 0.15) is 18.9 Å². The number of ketones is 1. The molecule has 110 valence electrons. The van der Waals surface area contributed by atoms with Crippen molar-refractivity contribution in [2.24, 2.45) is 0 Å². The van der Waals surface area contributed by atoms with E-state index in [9.17, 15) is 4.79 Å². The van der Waals surface area contributed by atoms with Gasteiger partial charge in [0.25, 0.3) is 0 Å². The molecule has 1 aliphatic rings. The molecule has 20 heavy (non-hydrogen) atoms. The lowest BCUT2D eigenvalue weighted by atomic mass is 10.1. The molecule has 5 heteroatoms. The summed E-state index contributed by atoms with van der Waals surface area (Å²) in [5, 5.41) is 5.21. The van der Waals surface area contributed by atoms with Gasteiger partial charge in [0.15, 0.2) is 11.5 Å². The third-order valence-corrected chi connectivity index (χ3v) is 3.30. The summed E-state index contributed by atoms with van der Waals surface area (Å²) in [7, 11) is 1.63. The van der Waals surface area contributed by atoms with Crippen LogP contribution in [0.15, 0.2) is 18.2 Å². The maximum atomic E-state index is 11.0. The topological polar surface area (TPSA) is 50.8 Å². The number of rotatable bonds is 6. The first kappa shape index (κ1) is 14.8. The molecule has 5 nitrogen and oxygen atoms in total. The number of hydrogen-bond donors (Lipinski definition) is 1. The number of ether oxygens (including phenoxy) is 1. The highest BCUT2D eigenvalue weighted by Gasteiger charge is 2.14. The molecule has 0 unspecified atom stereocenters. The van der Waals surface area contributed by atoms with Crippen molar-refractivity contribution in [1.29, 1.82) is 0 Å². The Morgan fingerprint density at radius 1 is 1.30 bits per heavy atom. The first-order chi connectivity index (χ1) is 9.69. The van der Waals surface area contributed by atoms with Gasteiger partial charge in [-0.3, -0.25) is 0 Å². The summed E-state index contributed by atoms with van der Waals surface area (Å²) in [6, 6.07) is 5.85. The third-order valence-electron chi connectivity index (χ3n) is 3.30. The molecule has 0 aromatic heterocycles. The van der Waals surface area contributed by atoms with Crippen LogP contribution in [-0.2, 0) is 11.2 Å². The lowest BCUT2D eigenvalue weighted by molar-refractivity contribution is -0.116. The smallest absolute Gasteiger partial charge is 0.189 e. The molecule has 1 fully saturated rings. The summed E-state index contributed by atoms with van der Waals surface area (Å²) < 4.78 is 5.38. The van der Waals surface area contributed by atoms with Crippen molar-refractivity contribution in [2.45, 2.75) is 19.8 Å². The quantitative estimate of drug-likeness (QED) is 0.853. The number of methoxy groups -OCH3 is 1. The molecule has 0 saturated carbocycles. The first-order valence-electron chi connectivity index (χ1n) is 6.99. The molecule has 0 amide bonds. The highest BCUT2D eigenvalue weighted by molar-refractivity contribution is 5.75. The van der Waals surface area contributed by atoms with Gasteiger partial charge in [0, 0.05) is 32.6 Å². The molecule has 0 aliphatic carbocycles. The van der Waals surface area contributed by atoms with Crippen molar-refractivity contribution in [3.63, 3.8) is 0 Å². The van der Waals surface area contributed by atoms with Crippen molar-refractivity contribution in [3.05, 3.63) is 23.8 Å².